The summed E-state index contributed by atoms with van der Waals surface area (Å²) in [5.41, 5.74) is 14.9. The predicted octanol–water partition coefficient (Wildman–Crippen LogP) is 14.1. The molecule has 0 saturated heterocycles. The molecular weight excluding hydrogens is 769 g/mol. The van der Waals surface area contributed by atoms with Crippen LogP contribution in [-0.2, 0) is 5.41 Å². The Balaban J connectivity index is 1.04. The van der Waals surface area contributed by atoms with Gasteiger partial charge in [0.1, 0.15) is 11.5 Å². The van der Waals surface area contributed by atoms with Crippen LogP contribution < -0.4 is 4.74 Å². The second-order valence-corrected chi connectivity index (χ2v) is 16.3. The fourth-order valence-corrected chi connectivity index (χ4v) is 10.2. The lowest BCUT2D eigenvalue weighted by Gasteiger charge is -2.39. The summed E-state index contributed by atoms with van der Waals surface area (Å²) in [5.74, 6) is 3.60. The number of rotatable bonds is 5. The van der Waals surface area contributed by atoms with Crippen molar-refractivity contribution in [3.05, 3.63) is 241 Å². The highest BCUT2D eigenvalue weighted by Gasteiger charge is 2.51. The number of aromatic nitrogens is 4. The van der Waals surface area contributed by atoms with Crippen molar-refractivity contribution in [2.24, 2.45) is 0 Å². The van der Waals surface area contributed by atoms with Crippen LogP contribution in [0.5, 0.6) is 11.5 Å². The summed E-state index contributed by atoms with van der Waals surface area (Å²) in [6.07, 6.45) is 0. The average molecular weight is 805 g/mol. The molecule has 9 aromatic carbocycles. The molecule has 0 bridgehead atoms. The van der Waals surface area contributed by atoms with Gasteiger partial charge in [-0.25, -0.2) is 15.0 Å². The normalized spacial score (nSPS) is 14.5. The molecule has 63 heavy (non-hydrogen) atoms. The first kappa shape index (κ1) is 35.4. The van der Waals surface area contributed by atoms with Gasteiger partial charge in [-0.1, -0.05) is 164 Å². The topological polar surface area (TPSA) is 52.8 Å². The molecule has 13 rings (SSSR count). The second kappa shape index (κ2) is 13.8. The minimum Gasteiger partial charge on any atom is -0.457 e. The Kier molecular flexibility index (Phi) is 7.75. The zero-order chi connectivity index (χ0) is 41.5. The third kappa shape index (κ3) is 5.33. The molecule has 2 aliphatic rings. The van der Waals surface area contributed by atoms with E-state index in [1.807, 2.05) is 60.7 Å². The smallest absolute Gasteiger partial charge is 0.164 e. The van der Waals surface area contributed by atoms with Gasteiger partial charge in [-0.2, -0.15) is 0 Å². The molecule has 0 N–H and O–H groups in total. The van der Waals surface area contributed by atoms with Crippen LogP contribution in [0.2, 0.25) is 0 Å². The molecule has 0 amide bonds. The third-order valence-corrected chi connectivity index (χ3v) is 12.9. The maximum atomic E-state index is 6.88. The SMILES string of the molecule is c1ccc(-c2nc(-c3ccccc3)nc(-c3cccc(-c4ccc5c(c4)C4(c6ccccc6O5)c5ccccc5-c5cc6c7ccccc7n(-c7ccccc7)c6cc54)c3)n2)cc1. The van der Waals surface area contributed by atoms with Crippen molar-refractivity contribution < 1.29 is 4.74 Å². The minimum absolute atomic E-state index is 0.618. The molecule has 1 atom stereocenters. The molecule has 1 unspecified atom stereocenters. The third-order valence-electron chi connectivity index (χ3n) is 12.9. The molecule has 5 nitrogen and oxygen atoms in total. The number of para-hydroxylation sites is 3. The van der Waals surface area contributed by atoms with Crippen LogP contribution in [-0.4, -0.2) is 19.5 Å². The largest absolute Gasteiger partial charge is 0.457 e. The van der Waals surface area contributed by atoms with Gasteiger partial charge in [-0.3, -0.25) is 0 Å². The van der Waals surface area contributed by atoms with Gasteiger partial charge in [-0.05, 0) is 88.0 Å². The highest BCUT2D eigenvalue weighted by Crippen LogP contribution is 2.63. The summed E-state index contributed by atoms with van der Waals surface area (Å²) in [7, 11) is 0. The number of hydrogen-bond acceptors (Lipinski definition) is 4. The van der Waals surface area contributed by atoms with Crippen LogP contribution in [0.15, 0.2) is 218 Å². The van der Waals surface area contributed by atoms with Gasteiger partial charge in [0.25, 0.3) is 0 Å². The highest BCUT2D eigenvalue weighted by atomic mass is 16.5. The van der Waals surface area contributed by atoms with Crippen molar-refractivity contribution in [1.82, 2.24) is 19.5 Å². The minimum atomic E-state index is -0.667. The van der Waals surface area contributed by atoms with E-state index < -0.39 is 5.41 Å². The monoisotopic (exact) mass is 804 g/mol. The quantitative estimate of drug-likeness (QED) is 0.174. The summed E-state index contributed by atoms with van der Waals surface area (Å²) in [6, 6.07) is 77.4. The molecule has 11 aromatic rings. The van der Waals surface area contributed by atoms with Crippen LogP contribution in [0, 0.1) is 0 Å². The number of nitrogens with zero attached hydrogens (tertiary/aromatic N) is 4. The number of hydrogen-bond donors (Lipinski definition) is 0. The van der Waals surface area contributed by atoms with Gasteiger partial charge in [0, 0.05) is 44.3 Å². The fraction of sp³-hybridized carbons (Fsp3) is 0.0172. The Hall–Kier alpha value is -8.41. The first-order valence-electron chi connectivity index (χ1n) is 21.3. The molecule has 0 radical (unpaired) electrons. The molecule has 3 heterocycles. The molecule has 1 spiro atoms. The van der Waals surface area contributed by atoms with Crippen molar-refractivity contribution in [2.75, 3.05) is 0 Å². The first-order valence-corrected chi connectivity index (χ1v) is 21.3. The Bertz CT molecular complexity index is 3540. The number of ether oxygens (including phenoxy) is 1. The molecule has 1 aliphatic heterocycles. The van der Waals surface area contributed by atoms with Crippen LogP contribution >= 0.6 is 0 Å². The van der Waals surface area contributed by atoms with Crippen LogP contribution in [0.3, 0.4) is 0 Å². The van der Waals surface area contributed by atoms with Crippen molar-refractivity contribution in [3.63, 3.8) is 0 Å². The van der Waals surface area contributed by atoms with Crippen LogP contribution in [0.25, 0.3) is 83.9 Å². The maximum absolute atomic E-state index is 6.88. The Morgan fingerprint density at radius 1 is 0.333 bits per heavy atom. The molecule has 2 aromatic heterocycles. The lowest BCUT2D eigenvalue weighted by atomic mass is 9.65. The average Bonchev–Trinajstić information content (AvgIpc) is 3.84. The van der Waals surface area contributed by atoms with Crippen molar-refractivity contribution >= 4 is 21.8 Å². The summed E-state index contributed by atoms with van der Waals surface area (Å²) in [4.78, 5) is 15.1. The first-order chi connectivity index (χ1) is 31.2. The van der Waals surface area contributed by atoms with Crippen LogP contribution in [0.1, 0.15) is 22.3 Å². The van der Waals surface area contributed by atoms with E-state index in [4.69, 9.17) is 19.7 Å². The van der Waals surface area contributed by atoms with E-state index >= 15 is 0 Å². The van der Waals surface area contributed by atoms with E-state index in [-0.39, 0.29) is 0 Å². The zero-order valence-electron chi connectivity index (χ0n) is 34.0. The molecular formula is C58H36N4O. The second-order valence-electron chi connectivity index (χ2n) is 16.3. The van der Waals surface area contributed by atoms with Gasteiger partial charge in [0.2, 0.25) is 0 Å². The zero-order valence-corrected chi connectivity index (χ0v) is 34.0. The Morgan fingerprint density at radius 3 is 1.67 bits per heavy atom. The summed E-state index contributed by atoms with van der Waals surface area (Å²) in [6.45, 7) is 0. The summed E-state index contributed by atoms with van der Waals surface area (Å²) < 4.78 is 9.30. The van der Waals surface area contributed by atoms with Gasteiger partial charge in [0.05, 0.1) is 16.4 Å². The lowest BCUT2D eigenvalue weighted by Crippen LogP contribution is -2.32. The molecule has 1 aliphatic carbocycles. The Labute approximate surface area is 364 Å². The van der Waals surface area contributed by atoms with Crippen molar-refractivity contribution in [3.8, 4) is 73.6 Å². The van der Waals surface area contributed by atoms with Gasteiger partial charge in [-0.15, -0.1) is 0 Å². The van der Waals surface area contributed by atoms with E-state index in [1.54, 1.807) is 0 Å². The molecule has 294 valence electrons. The standard InChI is InChI=1S/C58H36N4O/c1-4-17-37(18-5-1)55-59-56(38-19-6-2-7-20-38)61-57(60-55)41-22-16-21-39(33-41)40-31-32-54-50(34-40)58(48-28-13-15-30-53(48)63-54)47-27-12-10-25-43(47)45-35-46-44-26-11-14-29-51(44)62(52(46)36-49(45)58)42-23-8-3-9-24-42/h1-36H. The van der Waals surface area contributed by atoms with Crippen LogP contribution in [0.4, 0.5) is 0 Å². The van der Waals surface area contributed by atoms with Gasteiger partial charge in [0.15, 0.2) is 17.5 Å². The summed E-state index contributed by atoms with van der Waals surface area (Å²) >= 11 is 0. The number of fused-ring (bicyclic) bond motifs is 12. The van der Waals surface area contributed by atoms with E-state index in [2.05, 4.69) is 162 Å². The summed E-state index contributed by atoms with van der Waals surface area (Å²) in [5, 5.41) is 2.47. The van der Waals surface area contributed by atoms with Crippen molar-refractivity contribution in [2.45, 2.75) is 5.41 Å². The van der Waals surface area contributed by atoms with Gasteiger partial charge >= 0.3 is 0 Å². The van der Waals surface area contributed by atoms with E-state index in [9.17, 15) is 0 Å². The maximum Gasteiger partial charge on any atom is 0.164 e. The van der Waals surface area contributed by atoms with E-state index in [0.29, 0.717) is 17.5 Å². The Morgan fingerprint density at radius 2 is 0.905 bits per heavy atom. The van der Waals surface area contributed by atoms with Gasteiger partial charge < -0.3 is 9.30 Å². The molecule has 0 fully saturated rings. The highest BCUT2D eigenvalue weighted by molar-refractivity contribution is 6.12. The van der Waals surface area contributed by atoms with E-state index in [0.717, 1.165) is 56.1 Å². The van der Waals surface area contributed by atoms with E-state index in [1.165, 1.54) is 44.1 Å². The molecule has 5 heteroatoms. The molecule has 0 saturated carbocycles. The lowest BCUT2D eigenvalue weighted by molar-refractivity contribution is 0.436. The fourth-order valence-electron chi connectivity index (χ4n) is 10.2. The predicted molar refractivity (Wildman–Crippen MR) is 253 cm³/mol. The number of benzene rings is 9. The van der Waals surface area contributed by atoms with Crippen molar-refractivity contribution in [1.29, 1.82) is 0 Å².